The van der Waals surface area contributed by atoms with Crippen molar-refractivity contribution in [1.29, 1.82) is 10.5 Å². The smallest absolute Gasteiger partial charge is 0.158 e. The number of aromatic nitrogens is 8. The molecule has 0 amide bonds. The van der Waals surface area contributed by atoms with Gasteiger partial charge < -0.3 is 11.1 Å². The van der Waals surface area contributed by atoms with Crippen molar-refractivity contribution < 1.29 is 0 Å². The van der Waals surface area contributed by atoms with Crippen LogP contribution < -0.4 is 11.1 Å². The van der Waals surface area contributed by atoms with Crippen molar-refractivity contribution in [3.63, 3.8) is 0 Å². The summed E-state index contributed by atoms with van der Waals surface area (Å²) >= 11 is 18.2. The van der Waals surface area contributed by atoms with Crippen LogP contribution in [0.4, 0.5) is 5.82 Å². The lowest BCUT2D eigenvalue weighted by atomic mass is 10.3. The van der Waals surface area contributed by atoms with Crippen molar-refractivity contribution in [3.8, 4) is 12.1 Å². The van der Waals surface area contributed by atoms with Gasteiger partial charge in [0.15, 0.2) is 22.6 Å². The van der Waals surface area contributed by atoms with E-state index in [0.717, 1.165) is 29.7 Å². The molecule has 6 aromatic heterocycles. The standard InChI is InChI=1S/C16H13ClN6.C10H6Cl2N4.C6H8N2/c17-13-4-6-23-14(13)16(20-9-11-3-1-2-5-19-11)21-15(22-23)12-7-10(12)8-18;11-7-1-2-16-8(7)9(12)14-10(15-16)6-3-5(6)4-13;7-5-6-3-1-2-4-8-6/h1-6,10,12H,7,9H2,(H,20,21,22);1-2,5-6H,3H2;1-4H,5,7H2/t10-,12+;5-,6+;/m00./s1. The maximum Gasteiger partial charge on any atom is 0.158 e. The molecular weight excluding hydrogens is 659 g/mol. The number of anilines is 1. The zero-order chi connectivity index (χ0) is 32.9. The molecule has 0 radical (unpaired) electrons. The minimum atomic E-state index is 0.0159. The molecule has 0 unspecified atom stereocenters. The van der Waals surface area contributed by atoms with Crippen molar-refractivity contribution in [2.75, 3.05) is 5.32 Å². The Bertz CT molecular complexity index is 2090. The van der Waals surface area contributed by atoms with Crippen LogP contribution in [0.2, 0.25) is 15.2 Å². The van der Waals surface area contributed by atoms with Crippen LogP contribution >= 0.6 is 34.8 Å². The molecule has 12 nitrogen and oxygen atoms in total. The number of rotatable bonds is 6. The van der Waals surface area contributed by atoms with E-state index in [2.05, 4.69) is 47.6 Å². The third kappa shape index (κ3) is 7.43. The number of hydrogen-bond acceptors (Lipinski definition) is 10. The number of hydrogen-bond donors (Lipinski definition) is 2. The first-order chi connectivity index (χ1) is 22.9. The summed E-state index contributed by atoms with van der Waals surface area (Å²) in [7, 11) is 0. The second-order valence-electron chi connectivity index (χ2n) is 10.8. The zero-order valence-corrected chi connectivity index (χ0v) is 27.0. The van der Waals surface area contributed by atoms with E-state index in [1.807, 2.05) is 36.4 Å². The maximum absolute atomic E-state index is 9.02. The molecule has 236 valence electrons. The summed E-state index contributed by atoms with van der Waals surface area (Å²) in [6.07, 6.45) is 8.66. The maximum atomic E-state index is 9.02. The molecule has 3 N–H and O–H groups in total. The number of nitrogens with one attached hydrogen (secondary N) is 1. The van der Waals surface area contributed by atoms with Crippen LogP contribution in [0.1, 0.15) is 47.7 Å². The summed E-state index contributed by atoms with van der Waals surface area (Å²) in [6.45, 7) is 1.07. The monoisotopic (exact) mass is 684 g/mol. The first kappa shape index (κ1) is 32.1. The highest BCUT2D eigenvalue weighted by molar-refractivity contribution is 6.39. The SMILES string of the molecule is N#C[C@@H]1C[C@H]1c1nc(Cl)c2c(Cl)ccn2n1.N#C[C@@H]1C[C@H]1c1nc(NCc2ccccn2)c2c(Cl)ccn2n1.NCc1ccccn1. The van der Waals surface area contributed by atoms with Gasteiger partial charge in [0, 0.05) is 43.2 Å². The predicted molar refractivity (Wildman–Crippen MR) is 178 cm³/mol. The Balaban J connectivity index is 0.000000139. The van der Waals surface area contributed by atoms with Gasteiger partial charge in [0.05, 0.1) is 52.0 Å². The fourth-order valence-electron chi connectivity index (χ4n) is 4.85. The molecule has 8 rings (SSSR count). The molecule has 4 atom stereocenters. The summed E-state index contributed by atoms with van der Waals surface area (Å²) in [5.41, 5.74) is 8.49. The molecule has 6 aromatic rings. The van der Waals surface area contributed by atoms with Crippen LogP contribution in [-0.2, 0) is 13.1 Å². The van der Waals surface area contributed by atoms with Gasteiger partial charge in [-0.2, -0.15) is 20.7 Å². The Morgan fingerprint density at radius 2 is 1.32 bits per heavy atom. The Morgan fingerprint density at radius 1 is 0.766 bits per heavy atom. The van der Waals surface area contributed by atoms with E-state index < -0.39 is 0 Å². The highest BCUT2D eigenvalue weighted by Crippen LogP contribution is 2.46. The van der Waals surface area contributed by atoms with Crippen molar-refractivity contribution in [2.24, 2.45) is 17.6 Å². The predicted octanol–water partition coefficient (Wildman–Crippen LogP) is 6.22. The summed E-state index contributed by atoms with van der Waals surface area (Å²) in [5.74, 6) is 2.24. The van der Waals surface area contributed by atoms with Gasteiger partial charge in [-0.3, -0.25) is 9.97 Å². The van der Waals surface area contributed by atoms with Crippen molar-refractivity contribution in [1.82, 2.24) is 39.2 Å². The van der Waals surface area contributed by atoms with E-state index in [1.165, 1.54) is 0 Å². The average molecular weight is 686 g/mol. The van der Waals surface area contributed by atoms with Gasteiger partial charge in [-0.15, -0.1) is 0 Å². The first-order valence-corrected chi connectivity index (χ1v) is 15.8. The van der Waals surface area contributed by atoms with Crippen LogP contribution in [0, 0.1) is 34.5 Å². The van der Waals surface area contributed by atoms with Crippen LogP contribution in [-0.4, -0.2) is 39.2 Å². The van der Waals surface area contributed by atoms with Gasteiger partial charge in [0.2, 0.25) is 0 Å². The van der Waals surface area contributed by atoms with Crippen LogP contribution in [0.5, 0.6) is 0 Å². The lowest BCUT2D eigenvalue weighted by molar-refractivity contribution is 0.789. The second kappa shape index (κ2) is 14.3. The van der Waals surface area contributed by atoms with E-state index >= 15 is 0 Å². The van der Waals surface area contributed by atoms with E-state index in [0.29, 0.717) is 51.3 Å². The highest BCUT2D eigenvalue weighted by Gasteiger charge is 2.42. The third-order valence-electron chi connectivity index (χ3n) is 7.59. The van der Waals surface area contributed by atoms with E-state index in [1.54, 1.807) is 46.0 Å². The Kier molecular flexibility index (Phi) is 9.76. The molecular formula is C32H27Cl3N12. The van der Waals surface area contributed by atoms with Gasteiger partial charge in [0.25, 0.3) is 0 Å². The molecule has 0 aromatic carbocycles. The lowest BCUT2D eigenvalue weighted by Crippen LogP contribution is -2.09. The summed E-state index contributed by atoms with van der Waals surface area (Å²) < 4.78 is 3.33. The number of halogens is 3. The molecule has 0 spiro atoms. The molecule has 2 fully saturated rings. The molecule has 0 bridgehead atoms. The van der Waals surface area contributed by atoms with Crippen LogP contribution in [0.25, 0.3) is 11.0 Å². The molecule has 0 aliphatic heterocycles. The van der Waals surface area contributed by atoms with Gasteiger partial charge >= 0.3 is 0 Å². The fraction of sp³-hybridized carbons (Fsp3) is 0.250. The molecule has 6 heterocycles. The lowest BCUT2D eigenvalue weighted by Gasteiger charge is -2.09. The minimum absolute atomic E-state index is 0.0159. The number of pyridine rings is 2. The molecule has 47 heavy (non-hydrogen) atoms. The summed E-state index contributed by atoms with van der Waals surface area (Å²) in [5, 5.41) is 31.3. The van der Waals surface area contributed by atoms with E-state index in [-0.39, 0.29) is 23.7 Å². The minimum Gasteiger partial charge on any atom is -0.363 e. The zero-order valence-electron chi connectivity index (χ0n) is 24.7. The highest BCUT2D eigenvalue weighted by atomic mass is 35.5. The second-order valence-corrected chi connectivity index (χ2v) is 12.0. The van der Waals surface area contributed by atoms with Crippen LogP contribution in [0.3, 0.4) is 0 Å². The Labute approximate surface area is 284 Å². The molecule has 0 saturated heterocycles. The number of nitrogens with zero attached hydrogens (tertiary/aromatic N) is 10. The quantitative estimate of drug-likeness (QED) is 0.205. The van der Waals surface area contributed by atoms with E-state index in [9.17, 15) is 0 Å². The first-order valence-electron chi connectivity index (χ1n) is 14.7. The van der Waals surface area contributed by atoms with Crippen LogP contribution in [0.15, 0.2) is 73.3 Å². The summed E-state index contributed by atoms with van der Waals surface area (Å²) in [4.78, 5) is 17.1. The Hall–Kier alpha value is -4.85. The average Bonchev–Trinajstić information content (AvgIpc) is 4.01. The van der Waals surface area contributed by atoms with Gasteiger partial charge in [-0.25, -0.2) is 19.0 Å². The normalized spacial score (nSPS) is 19.0. The van der Waals surface area contributed by atoms with Crippen molar-refractivity contribution in [3.05, 3.63) is 112 Å². The summed E-state index contributed by atoms with van der Waals surface area (Å²) in [6, 6.07) is 19.4. The largest absolute Gasteiger partial charge is 0.363 e. The fourth-order valence-corrected chi connectivity index (χ4v) is 5.63. The molecule has 2 aliphatic carbocycles. The number of fused-ring (bicyclic) bond motifs is 2. The van der Waals surface area contributed by atoms with Gasteiger partial charge in [0.1, 0.15) is 11.0 Å². The van der Waals surface area contributed by atoms with Crippen molar-refractivity contribution in [2.45, 2.75) is 37.8 Å². The number of nitrogens with two attached hydrogens (primary N) is 1. The Morgan fingerprint density at radius 3 is 1.83 bits per heavy atom. The number of nitriles is 2. The van der Waals surface area contributed by atoms with Gasteiger partial charge in [-0.05, 0) is 49.2 Å². The van der Waals surface area contributed by atoms with E-state index in [4.69, 9.17) is 51.1 Å². The van der Waals surface area contributed by atoms with Crippen molar-refractivity contribution >= 4 is 51.7 Å². The van der Waals surface area contributed by atoms with Gasteiger partial charge in [-0.1, -0.05) is 46.9 Å². The topological polar surface area (TPSA) is 172 Å². The molecule has 15 heteroatoms. The molecule has 2 saturated carbocycles. The third-order valence-corrected chi connectivity index (χ3v) is 8.46. The molecule has 2 aliphatic rings.